The first kappa shape index (κ1) is 14.8. The molecule has 1 unspecified atom stereocenters. The van der Waals surface area contributed by atoms with E-state index in [1.807, 2.05) is 6.92 Å². The minimum Gasteiger partial charge on any atom is -0.382 e. The molecule has 4 N–H and O–H groups in total. The summed E-state index contributed by atoms with van der Waals surface area (Å²) in [5.41, 5.74) is 5.76. The Labute approximate surface area is 112 Å². The van der Waals surface area contributed by atoms with Crippen LogP contribution in [0.4, 0.5) is 10.9 Å². The molecule has 1 rings (SSSR count). The number of hydrogen-bond donors (Lipinski definition) is 3. The number of hydrogen-bond acceptors (Lipinski definition) is 5. The standard InChI is InChI=1S/C12H22N4OS/c1-4-6-8(3)15-11(17)9-10(13)16-12(18-9)14-7-5-2/h8H,4-7,13H2,1-3H3,(H,14,16)(H,15,17). The highest BCUT2D eigenvalue weighted by molar-refractivity contribution is 7.18. The van der Waals surface area contributed by atoms with Gasteiger partial charge in [0.1, 0.15) is 10.7 Å². The van der Waals surface area contributed by atoms with Crippen molar-refractivity contribution < 1.29 is 4.79 Å². The second kappa shape index (κ2) is 7.20. The number of thiazole rings is 1. The predicted molar refractivity (Wildman–Crippen MR) is 77.1 cm³/mol. The second-order valence-corrected chi connectivity index (χ2v) is 5.32. The maximum Gasteiger partial charge on any atom is 0.265 e. The molecule has 1 aromatic rings. The summed E-state index contributed by atoms with van der Waals surface area (Å²) in [5.74, 6) is 0.176. The molecule has 0 aliphatic carbocycles. The molecule has 0 bridgehead atoms. The molecule has 0 aromatic carbocycles. The first-order valence-corrected chi connectivity index (χ1v) is 7.21. The van der Waals surface area contributed by atoms with E-state index in [4.69, 9.17) is 5.73 Å². The zero-order valence-corrected chi connectivity index (χ0v) is 12.1. The second-order valence-electron chi connectivity index (χ2n) is 4.32. The monoisotopic (exact) mass is 270 g/mol. The molecule has 0 spiro atoms. The quantitative estimate of drug-likeness (QED) is 0.711. The Morgan fingerprint density at radius 2 is 2.17 bits per heavy atom. The van der Waals surface area contributed by atoms with Crippen LogP contribution in [0.5, 0.6) is 0 Å². The fourth-order valence-electron chi connectivity index (χ4n) is 1.60. The fourth-order valence-corrected chi connectivity index (χ4v) is 2.41. The Balaban J connectivity index is 2.64. The SMILES string of the molecule is CCCNc1nc(N)c(C(=O)NC(C)CCC)s1. The molecule has 6 heteroatoms. The highest BCUT2D eigenvalue weighted by Crippen LogP contribution is 2.24. The average Bonchev–Trinajstić information content (AvgIpc) is 2.68. The van der Waals surface area contributed by atoms with E-state index in [1.165, 1.54) is 11.3 Å². The van der Waals surface area contributed by atoms with Gasteiger partial charge in [0.05, 0.1) is 0 Å². The molecule has 0 aliphatic heterocycles. The zero-order valence-electron chi connectivity index (χ0n) is 11.2. The Morgan fingerprint density at radius 3 is 2.78 bits per heavy atom. The normalized spacial score (nSPS) is 12.2. The van der Waals surface area contributed by atoms with Crippen molar-refractivity contribution in [3.63, 3.8) is 0 Å². The Hall–Kier alpha value is -1.30. The number of carbonyl (C=O) groups is 1. The van der Waals surface area contributed by atoms with Crippen LogP contribution in [-0.2, 0) is 0 Å². The summed E-state index contributed by atoms with van der Waals surface area (Å²) in [6.45, 7) is 7.00. The van der Waals surface area contributed by atoms with Crippen molar-refractivity contribution in [2.75, 3.05) is 17.6 Å². The topological polar surface area (TPSA) is 80.0 Å². The molecule has 1 amide bonds. The van der Waals surface area contributed by atoms with Crippen LogP contribution in [0.1, 0.15) is 49.7 Å². The van der Waals surface area contributed by atoms with E-state index in [0.29, 0.717) is 15.8 Å². The molecule has 0 saturated heterocycles. The smallest absolute Gasteiger partial charge is 0.265 e. The molecule has 1 aromatic heterocycles. The Kier molecular flexibility index (Phi) is 5.91. The van der Waals surface area contributed by atoms with Crippen molar-refractivity contribution in [3.8, 4) is 0 Å². The van der Waals surface area contributed by atoms with Crippen LogP contribution >= 0.6 is 11.3 Å². The zero-order chi connectivity index (χ0) is 13.5. The largest absolute Gasteiger partial charge is 0.382 e. The predicted octanol–water partition coefficient (Wildman–Crippen LogP) is 2.47. The molecule has 102 valence electrons. The van der Waals surface area contributed by atoms with Crippen molar-refractivity contribution in [1.29, 1.82) is 0 Å². The molecular formula is C12H22N4OS. The molecule has 5 nitrogen and oxygen atoms in total. The third-order valence-corrected chi connectivity index (χ3v) is 3.51. The molecule has 0 radical (unpaired) electrons. The number of aromatic nitrogens is 1. The number of nitrogens with one attached hydrogen (secondary N) is 2. The van der Waals surface area contributed by atoms with Crippen molar-refractivity contribution in [2.24, 2.45) is 0 Å². The Morgan fingerprint density at radius 1 is 1.44 bits per heavy atom. The van der Waals surface area contributed by atoms with Crippen LogP contribution in [0, 0.1) is 0 Å². The number of nitrogen functional groups attached to an aromatic ring is 1. The lowest BCUT2D eigenvalue weighted by atomic mass is 10.2. The number of anilines is 2. The van der Waals surface area contributed by atoms with Crippen LogP contribution < -0.4 is 16.4 Å². The average molecular weight is 270 g/mol. The van der Waals surface area contributed by atoms with E-state index in [9.17, 15) is 4.79 Å². The van der Waals surface area contributed by atoms with E-state index < -0.39 is 0 Å². The van der Waals surface area contributed by atoms with E-state index in [0.717, 1.165) is 25.8 Å². The lowest BCUT2D eigenvalue weighted by molar-refractivity contribution is 0.0943. The maximum atomic E-state index is 12.0. The maximum absolute atomic E-state index is 12.0. The van der Waals surface area contributed by atoms with Crippen LogP contribution in [0.2, 0.25) is 0 Å². The van der Waals surface area contributed by atoms with Crippen LogP contribution in [0.15, 0.2) is 0 Å². The van der Waals surface area contributed by atoms with Gasteiger partial charge in [0, 0.05) is 12.6 Å². The number of nitrogens with zero attached hydrogens (tertiary/aromatic N) is 1. The number of nitrogens with two attached hydrogens (primary N) is 1. The van der Waals surface area contributed by atoms with Gasteiger partial charge in [-0.05, 0) is 19.8 Å². The number of carbonyl (C=O) groups excluding carboxylic acids is 1. The van der Waals surface area contributed by atoms with Gasteiger partial charge in [-0.2, -0.15) is 0 Å². The summed E-state index contributed by atoms with van der Waals surface area (Å²) in [5, 5.41) is 6.78. The molecule has 0 fully saturated rings. The molecule has 1 atom stereocenters. The minimum atomic E-state index is -0.129. The van der Waals surface area contributed by atoms with Gasteiger partial charge in [0.25, 0.3) is 5.91 Å². The van der Waals surface area contributed by atoms with Gasteiger partial charge in [0.15, 0.2) is 5.13 Å². The molecule has 0 saturated carbocycles. The van der Waals surface area contributed by atoms with Crippen molar-refractivity contribution in [1.82, 2.24) is 10.3 Å². The molecule has 0 aliphatic rings. The van der Waals surface area contributed by atoms with E-state index >= 15 is 0 Å². The summed E-state index contributed by atoms with van der Waals surface area (Å²) in [6, 6.07) is 0.163. The Bertz CT molecular complexity index is 391. The summed E-state index contributed by atoms with van der Waals surface area (Å²) >= 11 is 1.31. The lowest BCUT2D eigenvalue weighted by Gasteiger charge is -2.11. The van der Waals surface area contributed by atoms with E-state index in [1.54, 1.807) is 0 Å². The van der Waals surface area contributed by atoms with Gasteiger partial charge < -0.3 is 16.4 Å². The van der Waals surface area contributed by atoms with Crippen LogP contribution in [0.25, 0.3) is 0 Å². The molecule has 1 heterocycles. The summed E-state index contributed by atoms with van der Waals surface area (Å²) in [4.78, 5) is 16.6. The van der Waals surface area contributed by atoms with Gasteiger partial charge in [-0.3, -0.25) is 4.79 Å². The van der Waals surface area contributed by atoms with Crippen LogP contribution in [0.3, 0.4) is 0 Å². The molecule has 18 heavy (non-hydrogen) atoms. The van der Waals surface area contributed by atoms with Crippen LogP contribution in [-0.4, -0.2) is 23.5 Å². The summed E-state index contributed by atoms with van der Waals surface area (Å²) in [7, 11) is 0. The first-order chi connectivity index (χ1) is 8.58. The van der Waals surface area contributed by atoms with Crippen molar-refractivity contribution >= 4 is 28.2 Å². The molecular weight excluding hydrogens is 248 g/mol. The lowest BCUT2D eigenvalue weighted by Crippen LogP contribution is -2.32. The van der Waals surface area contributed by atoms with E-state index in [2.05, 4.69) is 29.5 Å². The van der Waals surface area contributed by atoms with Gasteiger partial charge in [-0.1, -0.05) is 31.6 Å². The number of amides is 1. The van der Waals surface area contributed by atoms with Gasteiger partial charge in [0.2, 0.25) is 0 Å². The first-order valence-electron chi connectivity index (χ1n) is 6.39. The van der Waals surface area contributed by atoms with Gasteiger partial charge in [-0.15, -0.1) is 0 Å². The van der Waals surface area contributed by atoms with E-state index in [-0.39, 0.29) is 11.9 Å². The van der Waals surface area contributed by atoms with Crippen molar-refractivity contribution in [3.05, 3.63) is 4.88 Å². The highest BCUT2D eigenvalue weighted by atomic mass is 32.1. The fraction of sp³-hybridized carbons (Fsp3) is 0.667. The van der Waals surface area contributed by atoms with Crippen molar-refractivity contribution in [2.45, 2.75) is 46.1 Å². The highest BCUT2D eigenvalue weighted by Gasteiger charge is 2.17. The number of rotatable bonds is 7. The van der Waals surface area contributed by atoms with Gasteiger partial charge >= 0.3 is 0 Å². The third-order valence-electron chi connectivity index (χ3n) is 2.49. The summed E-state index contributed by atoms with van der Waals surface area (Å²) < 4.78 is 0. The van der Waals surface area contributed by atoms with Gasteiger partial charge in [-0.25, -0.2) is 4.98 Å². The minimum absolute atomic E-state index is 0.129. The third kappa shape index (κ3) is 4.18. The summed E-state index contributed by atoms with van der Waals surface area (Å²) in [6.07, 6.45) is 3.02.